The van der Waals surface area contributed by atoms with E-state index in [1.54, 1.807) is 20.4 Å². The molecule has 20 heavy (non-hydrogen) atoms. The lowest BCUT2D eigenvalue weighted by atomic mass is 10.3. The highest BCUT2D eigenvalue weighted by Crippen LogP contribution is 2.26. The molecule has 0 bridgehead atoms. The standard InChI is InChI=1S/C14H17N3O2S/c1-10(13(18)15-2)20-14-16-7-8-17(14)11-5-4-6-12(9-11)19-3/h4-10H,1-3H3,(H,15,18)/t10-/m1/s1. The predicted molar refractivity (Wildman–Crippen MR) is 79.5 cm³/mol. The van der Waals surface area contributed by atoms with Gasteiger partial charge in [-0.25, -0.2) is 4.98 Å². The molecule has 1 atom stereocenters. The molecular weight excluding hydrogens is 274 g/mol. The average Bonchev–Trinajstić information content (AvgIpc) is 2.94. The van der Waals surface area contributed by atoms with E-state index in [1.807, 2.05) is 42.0 Å². The largest absolute Gasteiger partial charge is 0.497 e. The van der Waals surface area contributed by atoms with Crippen LogP contribution in [0, 0.1) is 0 Å². The van der Waals surface area contributed by atoms with E-state index >= 15 is 0 Å². The van der Waals surface area contributed by atoms with E-state index in [2.05, 4.69) is 10.3 Å². The number of carbonyl (C=O) groups is 1. The van der Waals surface area contributed by atoms with Crippen molar-refractivity contribution < 1.29 is 9.53 Å². The molecule has 0 saturated heterocycles. The molecule has 0 spiro atoms. The van der Waals surface area contributed by atoms with Crippen LogP contribution in [0.2, 0.25) is 0 Å². The van der Waals surface area contributed by atoms with Crippen LogP contribution in [0.15, 0.2) is 41.8 Å². The molecule has 0 aliphatic rings. The van der Waals surface area contributed by atoms with Gasteiger partial charge in [-0.1, -0.05) is 17.8 Å². The number of nitrogens with zero attached hydrogens (tertiary/aromatic N) is 2. The number of rotatable bonds is 5. The molecule has 106 valence electrons. The van der Waals surface area contributed by atoms with E-state index in [0.29, 0.717) is 0 Å². The highest BCUT2D eigenvalue weighted by molar-refractivity contribution is 8.00. The Bertz CT molecular complexity index is 598. The van der Waals surface area contributed by atoms with Crippen molar-refractivity contribution in [1.29, 1.82) is 0 Å². The molecule has 0 unspecified atom stereocenters. The molecule has 1 aromatic heterocycles. The Kier molecular flexibility index (Phi) is 4.68. The first-order valence-corrected chi connectivity index (χ1v) is 7.09. The number of imidazole rings is 1. The number of aromatic nitrogens is 2. The summed E-state index contributed by atoms with van der Waals surface area (Å²) in [5.74, 6) is 0.765. The van der Waals surface area contributed by atoms with Gasteiger partial charge in [-0.05, 0) is 19.1 Å². The Morgan fingerprint density at radius 1 is 1.50 bits per heavy atom. The maximum absolute atomic E-state index is 11.6. The van der Waals surface area contributed by atoms with Crippen LogP contribution in [0.1, 0.15) is 6.92 Å². The first-order valence-electron chi connectivity index (χ1n) is 6.21. The van der Waals surface area contributed by atoms with Crippen LogP contribution >= 0.6 is 11.8 Å². The summed E-state index contributed by atoms with van der Waals surface area (Å²) in [5.41, 5.74) is 0.952. The van der Waals surface area contributed by atoms with Gasteiger partial charge in [0.15, 0.2) is 5.16 Å². The minimum absolute atomic E-state index is 0.0183. The second kappa shape index (κ2) is 6.47. The summed E-state index contributed by atoms with van der Waals surface area (Å²) in [6.45, 7) is 1.86. The van der Waals surface area contributed by atoms with Gasteiger partial charge in [0.05, 0.1) is 18.0 Å². The number of thioether (sulfide) groups is 1. The van der Waals surface area contributed by atoms with Crippen molar-refractivity contribution in [3.05, 3.63) is 36.7 Å². The number of hydrogen-bond donors (Lipinski definition) is 1. The van der Waals surface area contributed by atoms with Gasteiger partial charge in [-0.3, -0.25) is 9.36 Å². The summed E-state index contributed by atoms with van der Waals surface area (Å²) in [7, 11) is 3.27. The second-order valence-corrected chi connectivity index (χ2v) is 5.46. The average molecular weight is 291 g/mol. The van der Waals surface area contributed by atoms with Gasteiger partial charge in [-0.2, -0.15) is 0 Å². The molecule has 0 fully saturated rings. The lowest BCUT2D eigenvalue weighted by Crippen LogP contribution is -2.27. The van der Waals surface area contributed by atoms with E-state index in [9.17, 15) is 4.79 Å². The maximum atomic E-state index is 11.6. The van der Waals surface area contributed by atoms with E-state index in [4.69, 9.17) is 4.74 Å². The van der Waals surface area contributed by atoms with Crippen LogP contribution in [0.3, 0.4) is 0 Å². The number of hydrogen-bond acceptors (Lipinski definition) is 4. The summed E-state index contributed by atoms with van der Waals surface area (Å²) in [4.78, 5) is 15.9. The smallest absolute Gasteiger partial charge is 0.233 e. The minimum atomic E-state index is -0.202. The predicted octanol–water partition coefficient (Wildman–Crippen LogP) is 2.11. The summed E-state index contributed by atoms with van der Waals surface area (Å²) in [6.07, 6.45) is 3.59. The monoisotopic (exact) mass is 291 g/mol. The summed E-state index contributed by atoms with van der Waals surface area (Å²) < 4.78 is 7.16. The Morgan fingerprint density at radius 2 is 2.30 bits per heavy atom. The molecule has 1 N–H and O–H groups in total. The molecule has 1 amide bonds. The normalized spacial score (nSPS) is 11.9. The topological polar surface area (TPSA) is 56.2 Å². The molecule has 2 rings (SSSR count). The number of nitrogens with one attached hydrogen (secondary N) is 1. The van der Waals surface area contributed by atoms with Crippen LogP contribution in [0.25, 0.3) is 5.69 Å². The van der Waals surface area contributed by atoms with Crippen molar-refractivity contribution >= 4 is 17.7 Å². The Balaban J connectivity index is 2.26. The molecule has 0 saturated carbocycles. The van der Waals surface area contributed by atoms with Crippen molar-refractivity contribution in [2.75, 3.05) is 14.2 Å². The van der Waals surface area contributed by atoms with Crippen molar-refractivity contribution in [1.82, 2.24) is 14.9 Å². The summed E-state index contributed by atoms with van der Waals surface area (Å²) in [5, 5.41) is 3.21. The van der Waals surface area contributed by atoms with Crippen LogP contribution in [-0.4, -0.2) is 34.9 Å². The van der Waals surface area contributed by atoms with Crippen LogP contribution in [0.4, 0.5) is 0 Å². The Hall–Kier alpha value is -1.95. The van der Waals surface area contributed by atoms with Gasteiger partial charge < -0.3 is 10.1 Å². The Morgan fingerprint density at radius 3 is 3.00 bits per heavy atom. The third-order valence-corrected chi connectivity index (χ3v) is 3.92. The fraction of sp³-hybridized carbons (Fsp3) is 0.286. The quantitative estimate of drug-likeness (QED) is 0.857. The van der Waals surface area contributed by atoms with Crippen molar-refractivity contribution in [3.63, 3.8) is 0 Å². The van der Waals surface area contributed by atoms with E-state index in [-0.39, 0.29) is 11.2 Å². The molecule has 2 aromatic rings. The molecule has 0 aliphatic heterocycles. The zero-order valence-corrected chi connectivity index (χ0v) is 12.5. The molecule has 1 heterocycles. The van der Waals surface area contributed by atoms with Crippen molar-refractivity contribution in [3.8, 4) is 11.4 Å². The van der Waals surface area contributed by atoms with Gasteiger partial charge in [0, 0.05) is 25.5 Å². The third-order valence-electron chi connectivity index (χ3n) is 2.84. The molecule has 0 aliphatic carbocycles. The second-order valence-electron chi connectivity index (χ2n) is 4.16. The highest BCUT2D eigenvalue weighted by Gasteiger charge is 2.16. The van der Waals surface area contributed by atoms with Crippen LogP contribution < -0.4 is 10.1 Å². The van der Waals surface area contributed by atoms with E-state index in [1.165, 1.54) is 11.8 Å². The van der Waals surface area contributed by atoms with Crippen molar-refractivity contribution in [2.24, 2.45) is 0 Å². The van der Waals surface area contributed by atoms with E-state index < -0.39 is 0 Å². The number of ether oxygens (including phenoxy) is 1. The Labute approximate surface area is 122 Å². The van der Waals surface area contributed by atoms with E-state index in [0.717, 1.165) is 16.6 Å². The third kappa shape index (κ3) is 3.14. The number of benzene rings is 1. The van der Waals surface area contributed by atoms with Crippen molar-refractivity contribution in [2.45, 2.75) is 17.3 Å². The summed E-state index contributed by atoms with van der Waals surface area (Å²) in [6, 6.07) is 7.71. The summed E-state index contributed by atoms with van der Waals surface area (Å²) >= 11 is 1.42. The van der Waals surface area contributed by atoms with Gasteiger partial charge in [0.2, 0.25) is 5.91 Å². The SMILES string of the molecule is CNC(=O)[C@@H](C)Sc1nccn1-c1cccc(OC)c1. The minimum Gasteiger partial charge on any atom is -0.497 e. The van der Waals surface area contributed by atoms with Gasteiger partial charge in [0.25, 0.3) is 0 Å². The lowest BCUT2D eigenvalue weighted by molar-refractivity contribution is -0.119. The molecule has 1 aromatic carbocycles. The zero-order chi connectivity index (χ0) is 14.5. The molecule has 5 nitrogen and oxygen atoms in total. The first kappa shape index (κ1) is 14.5. The van der Waals surface area contributed by atoms with Gasteiger partial charge in [-0.15, -0.1) is 0 Å². The molecule has 0 radical (unpaired) electrons. The maximum Gasteiger partial charge on any atom is 0.233 e. The number of amides is 1. The lowest BCUT2D eigenvalue weighted by Gasteiger charge is -2.12. The number of methoxy groups -OCH3 is 1. The molecule has 6 heteroatoms. The van der Waals surface area contributed by atoms with Gasteiger partial charge >= 0.3 is 0 Å². The number of carbonyl (C=O) groups excluding carboxylic acids is 1. The highest BCUT2D eigenvalue weighted by atomic mass is 32.2. The van der Waals surface area contributed by atoms with Crippen LogP contribution in [-0.2, 0) is 4.79 Å². The van der Waals surface area contributed by atoms with Gasteiger partial charge in [0.1, 0.15) is 5.75 Å². The van der Waals surface area contributed by atoms with Crippen LogP contribution in [0.5, 0.6) is 5.75 Å². The fourth-order valence-electron chi connectivity index (χ4n) is 1.75. The first-order chi connectivity index (χ1) is 9.65. The zero-order valence-electron chi connectivity index (χ0n) is 11.7. The molecular formula is C14H17N3O2S. The fourth-order valence-corrected chi connectivity index (χ4v) is 2.69.